The highest BCUT2D eigenvalue weighted by atomic mass is 32.1. The van der Waals surface area contributed by atoms with Gasteiger partial charge in [0.05, 0.1) is 6.54 Å². The third kappa shape index (κ3) is 5.04. The molecule has 0 fully saturated rings. The van der Waals surface area contributed by atoms with E-state index < -0.39 is 0 Å². The standard InChI is InChI=1S/C17H23N3O2S/c1-17(2,3)12-4-6-13(7-5-12)22-9-8-19-16(21)14-11-23-15(10-18)20-14/h4-7,11H,8-10,18H2,1-3H3,(H,19,21). The monoisotopic (exact) mass is 333 g/mol. The smallest absolute Gasteiger partial charge is 0.270 e. The summed E-state index contributed by atoms with van der Waals surface area (Å²) in [5.74, 6) is 0.596. The first-order valence-electron chi connectivity index (χ1n) is 7.56. The highest BCUT2D eigenvalue weighted by Gasteiger charge is 2.13. The lowest BCUT2D eigenvalue weighted by Gasteiger charge is -2.19. The maximum absolute atomic E-state index is 11.9. The van der Waals surface area contributed by atoms with Gasteiger partial charge in [-0.3, -0.25) is 4.79 Å². The summed E-state index contributed by atoms with van der Waals surface area (Å²) in [6, 6.07) is 8.04. The van der Waals surface area contributed by atoms with E-state index in [1.165, 1.54) is 16.9 Å². The average Bonchev–Trinajstić information content (AvgIpc) is 3.00. The van der Waals surface area contributed by atoms with Gasteiger partial charge in [0.1, 0.15) is 23.1 Å². The van der Waals surface area contributed by atoms with Gasteiger partial charge in [0.2, 0.25) is 0 Å². The number of carbonyl (C=O) groups is 1. The highest BCUT2D eigenvalue weighted by molar-refractivity contribution is 7.09. The van der Waals surface area contributed by atoms with Crippen molar-refractivity contribution in [1.82, 2.24) is 10.3 Å². The van der Waals surface area contributed by atoms with Gasteiger partial charge in [0.15, 0.2) is 0 Å². The number of benzene rings is 1. The van der Waals surface area contributed by atoms with Crippen LogP contribution in [0.1, 0.15) is 41.8 Å². The molecule has 1 aromatic carbocycles. The molecule has 0 aliphatic carbocycles. The molecule has 0 aliphatic rings. The van der Waals surface area contributed by atoms with Crippen molar-refractivity contribution in [1.29, 1.82) is 0 Å². The summed E-state index contributed by atoms with van der Waals surface area (Å²) in [4.78, 5) is 16.0. The molecule has 0 aliphatic heterocycles. The number of hydrogen-bond donors (Lipinski definition) is 2. The largest absolute Gasteiger partial charge is 0.492 e. The number of rotatable bonds is 6. The predicted molar refractivity (Wildman–Crippen MR) is 93.0 cm³/mol. The quantitative estimate of drug-likeness (QED) is 0.797. The molecule has 0 bridgehead atoms. The van der Waals surface area contributed by atoms with Crippen molar-refractivity contribution in [2.45, 2.75) is 32.7 Å². The number of hydrogen-bond acceptors (Lipinski definition) is 5. The normalized spacial score (nSPS) is 11.3. The minimum atomic E-state index is -0.201. The van der Waals surface area contributed by atoms with Crippen LogP contribution in [0.25, 0.3) is 0 Å². The number of amides is 1. The van der Waals surface area contributed by atoms with E-state index >= 15 is 0 Å². The fourth-order valence-corrected chi connectivity index (χ4v) is 2.64. The zero-order valence-corrected chi connectivity index (χ0v) is 14.6. The maximum atomic E-state index is 11.9. The Hall–Kier alpha value is -1.92. The van der Waals surface area contributed by atoms with Gasteiger partial charge in [-0.1, -0.05) is 32.9 Å². The van der Waals surface area contributed by atoms with Crippen LogP contribution in [0, 0.1) is 0 Å². The zero-order chi connectivity index (χ0) is 16.9. The second-order valence-corrected chi connectivity index (χ2v) is 7.15. The molecular formula is C17H23N3O2S. The van der Waals surface area contributed by atoms with E-state index in [4.69, 9.17) is 10.5 Å². The van der Waals surface area contributed by atoms with Crippen molar-refractivity contribution in [3.05, 3.63) is 45.9 Å². The summed E-state index contributed by atoms with van der Waals surface area (Å²) < 4.78 is 5.63. The molecule has 124 valence electrons. The summed E-state index contributed by atoms with van der Waals surface area (Å²) >= 11 is 1.39. The van der Waals surface area contributed by atoms with Crippen molar-refractivity contribution >= 4 is 17.2 Å². The van der Waals surface area contributed by atoms with Gasteiger partial charge >= 0.3 is 0 Å². The van der Waals surface area contributed by atoms with Gasteiger partial charge in [-0.25, -0.2) is 4.98 Å². The Morgan fingerprint density at radius 2 is 2.00 bits per heavy atom. The topological polar surface area (TPSA) is 77.2 Å². The Morgan fingerprint density at radius 3 is 2.57 bits per heavy atom. The van der Waals surface area contributed by atoms with Crippen LogP contribution >= 0.6 is 11.3 Å². The first kappa shape index (κ1) is 17.4. The van der Waals surface area contributed by atoms with Crippen LogP contribution in [0.5, 0.6) is 5.75 Å². The Morgan fingerprint density at radius 1 is 1.30 bits per heavy atom. The van der Waals surface area contributed by atoms with Gasteiger partial charge in [-0.15, -0.1) is 11.3 Å². The summed E-state index contributed by atoms with van der Waals surface area (Å²) in [7, 11) is 0. The van der Waals surface area contributed by atoms with Crippen LogP contribution in [0.15, 0.2) is 29.6 Å². The average molecular weight is 333 g/mol. The van der Waals surface area contributed by atoms with Crippen molar-refractivity contribution in [2.24, 2.45) is 5.73 Å². The molecule has 0 unspecified atom stereocenters. The summed E-state index contributed by atoms with van der Waals surface area (Å²) in [5, 5.41) is 5.25. The molecule has 6 heteroatoms. The maximum Gasteiger partial charge on any atom is 0.270 e. The molecule has 0 spiro atoms. The molecule has 1 heterocycles. The van der Waals surface area contributed by atoms with Crippen LogP contribution in [0.3, 0.4) is 0 Å². The number of nitrogens with two attached hydrogens (primary N) is 1. The van der Waals surface area contributed by atoms with Crippen LogP contribution in [-0.4, -0.2) is 24.0 Å². The minimum Gasteiger partial charge on any atom is -0.492 e. The lowest BCUT2D eigenvalue weighted by Crippen LogP contribution is -2.28. The molecular weight excluding hydrogens is 310 g/mol. The molecule has 0 atom stereocenters. The number of ether oxygens (including phenoxy) is 1. The molecule has 3 N–H and O–H groups in total. The van der Waals surface area contributed by atoms with E-state index in [0.717, 1.165) is 10.8 Å². The van der Waals surface area contributed by atoms with Crippen LogP contribution < -0.4 is 15.8 Å². The molecule has 0 saturated heterocycles. The molecule has 1 aromatic heterocycles. The highest BCUT2D eigenvalue weighted by Crippen LogP contribution is 2.24. The number of nitrogens with zero attached hydrogens (tertiary/aromatic N) is 1. The Kier molecular flexibility index (Phi) is 5.74. The summed E-state index contributed by atoms with van der Waals surface area (Å²) in [5.41, 5.74) is 7.28. The van der Waals surface area contributed by atoms with E-state index in [2.05, 4.69) is 43.2 Å². The Bertz CT molecular complexity index is 645. The molecule has 2 aromatic rings. The van der Waals surface area contributed by atoms with Gasteiger partial charge < -0.3 is 15.8 Å². The van der Waals surface area contributed by atoms with Gasteiger partial charge in [0.25, 0.3) is 5.91 Å². The van der Waals surface area contributed by atoms with Crippen LogP contribution in [0.2, 0.25) is 0 Å². The van der Waals surface area contributed by atoms with E-state index in [1.807, 2.05) is 12.1 Å². The third-order valence-corrected chi connectivity index (χ3v) is 4.21. The second-order valence-electron chi connectivity index (χ2n) is 6.21. The number of aromatic nitrogens is 1. The summed E-state index contributed by atoms with van der Waals surface area (Å²) in [6.45, 7) is 7.71. The molecule has 0 radical (unpaired) electrons. The molecule has 23 heavy (non-hydrogen) atoms. The lowest BCUT2D eigenvalue weighted by molar-refractivity contribution is 0.0942. The molecule has 5 nitrogen and oxygen atoms in total. The number of thiazole rings is 1. The fourth-order valence-electron chi connectivity index (χ4n) is 1.98. The van der Waals surface area contributed by atoms with Crippen molar-refractivity contribution in [3.8, 4) is 5.75 Å². The SMILES string of the molecule is CC(C)(C)c1ccc(OCCNC(=O)c2csc(CN)n2)cc1. The van der Waals surface area contributed by atoms with Crippen LogP contribution in [0.4, 0.5) is 0 Å². The zero-order valence-electron chi connectivity index (χ0n) is 13.8. The second kappa shape index (κ2) is 7.57. The van der Waals surface area contributed by atoms with Gasteiger partial charge in [-0.05, 0) is 23.1 Å². The van der Waals surface area contributed by atoms with Crippen molar-refractivity contribution in [3.63, 3.8) is 0 Å². The summed E-state index contributed by atoms with van der Waals surface area (Å²) in [6.07, 6.45) is 0. The minimum absolute atomic E-state index is 0.127. The third-order valence-electron chi connectivity index (χ3n) is 3.34. The fraction of sp³-hybridized carbons (Fsp3) is 0.412. The number of nitrogens with one attached hydrogen (secondary N) is 1. The predicted octanol–water partition coefficient (Wildman–Crippen LogP) is 2.71. The van der Waals surface area contributed by atoms with Crippen LogP contribution in [-0.2, 0) is 12.0 Å². The Balaban J connectivity index is 1.76. The number of carbonyl (C=O) groups excluding carboxylic acids is 1. The van der Waals surface area contributed by atoms with E-state index in [-0.39, 0.29) is 11.3 Å². The van der Waals surface area contributed by atoms with Crippen molar-refractivity contribution in [2.75, 3.05) is 13.2 Å². The first-order valence-corrected chi connectivity index (χ1v) is 8.44. The molecule has 2 rings (SSSR count). The van der Waals surface area contributed by atoms with Crippen molar-refractivity contribution < 1.29 is 9.53 Å². The van der Waals surface area contributed by atoms with Gasteiger partial charge in [-0.2, -0.15) is 0 Å². The van der Waals surface area contributed by atoms with E-state index in [0.29, 0.717) is 25.4 Å². The lowest BCUT2D eigenvalue weighted by atomic mass is 9.87. The van der Waals surface area contributed by atoms with E-state index in [9.17, 15) is 4.79 Å². The molecule has 0 saturated carbocycles. The Labute approximate surface area is 140 Å². The van der Waals surface area contributed by atoms with Gasteiger partial charge in [0, 0.05) is 11.9 Å². The first-order chi connectivity index (χ1) is 10.9. The molecule has 1 amide bonds. The van der Waals surface area contributed by atoms with E-state index in [1.54, 1.807) is 5.38 Å².